The highest BCUT2D eigenvalue weighted by molar-refractivity contribution is 6.30. The Morgan fingerprint density at radius 2 is 1.79 bits per heavy atom. The van der Waals surface area contributed by atoms with Gasteiger partial charge in [-0.05, 0) is 62.1 Å². The van der Waals surface area contributed by atoms with E-state index in [-0.39, 0.29) is 11.7 Å². The SMILES string of the molecule is Cc1c(C)c2ccc(OC3CCN(Cc4ccc(Cl)cc4)CC3)cc2oc1=O. The summed E-state index contributed by atoms with van der Waals surface area (Å²) < 4.78 is 11.6. The Morgan fingerprint density at radius 1 is 1.07 bits per heavy atom. The lowest BCUT2D eigenvalue weighted by molar-refractivity contribution is 0.0968. The van der Waals surface area contributed by atoms with Crippen LogP contribution in [-0.2, 0) is 6.54 Å². The average molecular weight is 398 g/mol. The number of rotatable bonds is 4. The van der Waals surface area contributed by atoms with Gasteiger partial charge in [0.1, 0.15) is 17.4 Å². The van der Waals surface area contributed by atoms with Crippen molar-refractivity contribution in [3.63, 3.8) is 0 Å². The summed E-state index contributed by atoms with van der Waals surface area (Å²) in [4.78, 5) is 14.4. The molecule has 0 amide bonds. The Bertz CT molecular complexity index is 1030. The molecule has 1 saturated heterocycles. The smallest absolute Gasteiger partial charge is 0.339 e. The third-order valence-corrected chi connectivity index (χ3v) is 5.84. The molecule has 0 aliphatic carbocycles. The van der Waals surface area contributed by atoms with Gasteiger partial charge in [0.2, 0.25) is 0 Å². The van der Waals surface area contributed by atoms with Crippen LogP contribution < -0.4 is 10.4 Å². The summed E-state index contributed by atoms with van der Waals surface area (Å²) in [7, 11) is 0. The number of benzene rings is 2. The molecule has 2 heterocycles. The van der Waals surface area contributed by atoms with Gasteiger partial charge in [-0.3, -0.25) is 4.90 Å². The molecule has 0 spiro atoms. The van der Waals surface area contributed by atoms with Crippen LogP contribution in [0, 0.1) is 13.8 Å². The Kier molecular flexibility index (Phi) is 5.42. The molecule has 0 N–H and O–H groups in total. The summed E-state index contributed by atoms with van der Waals surface area (Å²) in [5.41, 5.74) is 3.21. The maximum absolute atomic E-state index is 11.9. The van der Waals surface area contributed by atoms with Crippen LogP contribution in [-0.4, -0.2) is 24.1 Å². The van der Waals surface area contributed by atoms with Crippen LogP contribution in [0.1, 0.15) is 29.5 Å². The lowest BCUT2D eigenvalue weighted by atomic mass is 10.1. The highest BCUT2D eigenvalue weighted by atomic mass is 35.5. The minimum absolute atomic E-state index is 0.178. The first-order chi connectivity index (χ1) is 13.5. The van der Waals surface area contributed by atoms with Gasteiger partial charge in [-0.2, -0.15) is 0 Å². The number of likely N-dealkylation sites (tertiary alicyclic amines) is 1. The van der Waals surface area contributed by atoms with Crippen LogP contribution in [0.3, 0.4) is 0 Å². The number of fused-ring (bicyclic) bond motifs is 1. The largest absolute Gasteiger partial charge is 0.490 e. The predicted octanol–water partition coefficient (Wildman–Crippen LogP) is 5.11. The molecule has 4 rings (SSSR count). The number of aryl methyl sites for hydroxylation is 1. The van der Waals surface area contributed by atoms with E-state index in [1.165, 1.54) is 5.56 Å². The number of hydrogen-bond acceptors (Lipinski definition) is 4. The third-order valence-electron chi connectivity index (χ3n) is 5.59. The van der Waals surface area contributed by atoms with E-state index in [9.17, 15) is 4.79 Å². The number of piperidine rings is 1. The average Bonchev–Trinajstić information content (AvgIpc) is 2.69. The van der Waals surface area contributed by atoms with Crippen molar-refractivity contribution >= 4 is 22.6 Å². The van der Waals surface area contributed by atoms with Gasteiger partial charge in [-0.25, -0.2) is 4.79 Å². The summed E-state index contributed by atoms with van der Waals surface area (Å²) in [6.45, 7) is 6.67. The number of ether oxygens (including phenoxy) is 1. The van der Waals surface area contributed by atoms with E-state index in [0.717, 1.165) is 54.2 Å². The molecule has 0 atom stereocenters. The van der Waals surface area contributed by atoms with Crippen molar-refractivity contribution in [3.8, 4) is 5.75 Å². The monoisotopic (exact) mass is 397 g/mol. The molecule has 4 nitrogen and oxygen atoms in total. The fraction of sp³-hybridized carbons (Fsp3) is 0.348. The van der Waals surface area contributed by atoms with Crippen LogP contribution in [0.4, 0.5) is 0 Å². The standard InChI is InChI=1S/C23H24ClNO3/c1-15-16(2)23(26)28-22-13-20(7-8-21(15)22)27-19-9-11-25(12-10-19)14-17-3-5-18(24)6-4-17/h3-8,13,19H,9-12,14H2,1-2H3. The minimum Gasteiger partial charge on any atom is -0.490 e. The van der Waals surface area contributed by atoms with E-state index in [2.05, 4.69) is 17.0 Å². The maximum atomic E-state index is 11.9. The van der Waals surface area contributed by atoms with Crippen LogP contribution in [0.2, 0.25) is 5.02 Å². The number of hydrogen-bond donors (Lipinski definition) is 0. The molecule has 1 fully saturated rings. The zero-order chi connectivity index (χ0) is 19.7. The molecular formula is C23H24ClNO3. The second kappa shape index (κ2) is 7.98. The Labute approximate surface area is 169 Å². The van der Waals surface area contributed by atoms with Gasteiger partial charge in [-0.1, -0.05) is 23.7 Å². The highest BCUT2D eigenvalue weighted by Gasteiger charge is 2.21. The second-order valence-corrected chi connectivity index (χ2v) is 7.95. The van der Waals surface area contributed by atoms with Gasteiger partial charge in [0, 0.05) is 41.7 Å². The van der Waals surface area contributed by atoms with Gasteiger partial charge in [0.15, 0.2) is 0 Å². The fourth-order valence-corrected chi connectivity index (χ4v) is 3.85. The van der Waals surface area contributed by atoms with E-state index >= 15 is 0 Å². The summed E-state index contributed by atoms with van der Waals surface area (Å²) >= 11 is 5.96. The maximum Gasteiger partial charge on any atom is 0.339 e. The van der Waals surface area contributed by atoms with Crippen molar-refractivity contribution in [3.05, 3.63) is 74.6 Å². The molecule has 1 aromatic heterocycles. The van der Waals surface area contributed by atoms with E-state index in [1.54, 1.807) is 6.92 Å². The molecule has 0 radical (unpaired) electrons. The van der Waals surface area contributed by atoms with Crippen LogP contribution in [0.15, 0.2) is 51.7 Å². The molecule has 5 heteroatoms. The molecule has 2 aromatic carbocycles. The van der Waals surface area contributed by atoms with E-state index in [1.807, 2.05) is 37.3 Å². The molecular weight excluding hydrogens is 374 g/mol. The van der Waals surface area contributed by atoms with Crippen LogP contribution in [0.25, 0.3) is 11.0 Å². The lowest BCUT2D eigenvalue weighted by Gasteiger charge is -2.32. The summed E-state index contributed by atoms with van der Waals surface area (Å²) in [6.07, 6.45) is 2.13. The van der Waals surface area contributed by atoms with Gasteiger partial charge in [0.25, 0.3) is 0 Å². The number of nitrogens with zero attached hydrogens (tertiary/aromatic N) is 1. The summed E-state index contributed by atoms with van der Waals surface area (Å²) in [5, 5.41) is 1.73. The Morgan fingerprint density at radius 3 is 2.50 bits per heavy atom. The van der Waals surface area contributed by atoms with Gasteiger partial charge in [-0.15, -0.1) is 0 Å². The lowest BCUT2D eigenvalue weighted by Crippen LogP contribution is -2.37. The molecule has 1 aliphatic rings. The molecule has 3 aromatic rings. The quantitative estimate of drug-likeness (QED) is 0.574. The third kappa shape index (κ3) is 4.08. The van der Waals surface area contributed by atoms with E-state index in [4.69, 9.17) is 20.8 Å². The zero-order valence-electron chi connectivity index (χ0n) is 16.2. The van der Waals surface area contributed by atoms with Crippen LogP contribution in [0.5, 0.6) is 5.75 Å². The van der Waals surface area contributed by atoms with Crippen molar-refractivity contribution in [2.45, 2.75) is 39.3 Å². The van der Waals surface area contributed by atoms with Crippen molar-refractivity contribution < 1.29 is 9.15 Å². The normalized spacial score (nSPS) is 15.8. The Hall–Kier alpha value is -2.30. The molecule has 0 saturated carbocycles. The zero-order valence-corrected chi connectivity index (χ0v) is 17.0. The van der Waals surface area contributed by atoms with Crippen molar-refractivity contribution in [2.75, 3.05) is 13.1 Å². The fourth-order valence-electron chi connectivity index (χ4n) is 3.73. The van der Waals surface area contributed by atoms with Crippen molar-refractivity contribution in [2.24, 2.45) is 0 Å². The van der Waals surface area contributed by atoms with E-state index < -0.39 is 0 Å². The molecule has 1 aliphatic heterocycles. The summed E-state index contributed by atoms with van der Waals surface area (Å²) in [6, 6.07) is 13.8. The van der Waals surface area contributed by atoms with E-state index in [0.29, 0.717) is 11.1 Å². The van der Waals surface area contributed by atoms with Gasteiger partial charge in [0.05, 0.1) is 0 Å². The van der Waals surface area contributed by atoms with Crippen molar-refractivity contribution in [1.29, 1.82) is 0 Å². The predicted molar refractivity (Wildman–Crippen MR) is 112 cm³/mol. The first-order valence-corrected chi connectivity index (χ1v) is 10.0. The molecule has 28 heavy (non-hydrogen) atoms. The molecule has 146 valence electrons. The van der Waals surface area contributed by atoms with Gasteiger partial charge < -0.3 is 9.15 Å². The van der Waals surface area contributed by atoms with Crippen LogP contribution >= 0.6 is 11.6 Å². The summed E-state index contributed by atoms with van der Waals surface area (Å²) in [5.74, 6) is 0.759. The Balaban J connectivity index is 1.38. The molecule has 0 bridgehead atoms. The first kappa shape index (κ1) is 19.0. The minimum atomic E-state index is -0.280. The highest BCUT2D eigenvalue weighted by Crippen LogP contribution is 2.26. The van der Waals surface area contributed by atoms with Gasteiger partial charge >= 0.3 is 5.63 Å². The molecule has 0 unspecified atom stereocenters. The van der Waals surface area contributed by atoms with Crippen molar-refractivity contribution in [1.82, 2.24) is 4.90 Å². The first-order valence-electron chi connectivity index (χ1n) is 9.67. The topological polar surface area (TPSA) is 42.7 Å². The number of halogens is 1. The second-order valence-electron chi connectivity index (χ2n) is 7.52.